The summed E-state index contributed by atoms with van der Waals surface area (Å²) < 4.78 is 12.0. The molecule has 2 atom stereocenters. The number of fused-ring (bicyclic) bond motifs is 1. The van der Waals surface area contributed by atoms with Crippen molar-refractivity contribution >= 4 is 5.97 Å². The Bertz CT molecular complexity index is 679. The quantitative estimate of drug-likeness (QED) is 0.324. The van der Waals surface area contributed by atoms with Gasteiger partial charge in [0, 0.05) is 6.42 Å². The summed E-state index contributed by atoms with van der Waals surface area (Å²) in [4.78, 5) is 10.6. The summed E-state index contributed by atoms with van der Waals surface area (Å²) in [7, 11) is 0. The summed E-state index contributed by atoms with van der Waals surface area (Å²) in [6.45, 7) is 9.49. The molecule has 0 radical (unpaired) electrons. The van der Waals surface area contributed by atoms with E-state index >= 15 is 0 Å². The van der Waals surface area contributed by atoms with Gasteiger partial charge in [0.25, 0.3) is 0 Å². The van der Waals surface area contributed by atoms with E-state index in [-0.39, 0.29) is 12.0 Å². The third kappa shape index (κ3) is 8.51. The van der Waals surface area contributed by atoms with Crippen LogP contribution in [0.2, 0.25) is 0 Å². The zero-order valence-electron chi connectivity index (χ0n) is 18.6. The number of benzene rings is 1. The molecule has 0 fully saturated rings. The van der Waals surface area contributed by atoms with E-state index in [2.05, 4.69) is 39.8 Å². The van der Waals surface area contributed by atoms with E-state index in [1.165, 1.54) is 19.3 Å². The number of aryl methyl sites for hydroxylation is 1. The molecule has 1 heterocycles. The molecule has 0 aromatic heterocycles. The zero-order chi connectivity index (χ0) is 21.3. The van der Waals surface area contributed by atoms with Crippen molar-refractivity contribution in [1.82, 2.24) is 0 Å². The molecule has 0 saturated heterocycles. The molecule has 2 unspecified atom stereocenters. The van der Waals surface area contributed by atoms with E-state index in [1.807, 2.05) is 18.2 Å². The molecule has 1 aromatic rings. The molecule has 29 heavy (non-hydrogen) atoms. The average Bonchev–Trinajstić information content (AvgIpc) is 2.65. The van der Waals surface area contributed by atoms with Crippen molar-refractivity contribution in [1.29, 1.82) is 0 Å². The first-order valence-corrected chi connectivity index (χ1v) is 11.1. The number of allylic oxidation sites excluding steroid dienone is 1. The number of ether oxygens (including phenoxy) is 2. The standard InChI is InChI=1S/C25H38O4/c1-19(2)8-5-9-20(3)10-6-15-25(4)16-14-21-18-22(12-13-23(21)29-25)28-17-7-11-24(26)27/h6,12-13,15,18-20H,5,7-11,14,16-17H2,1-4H3,(H,26,27). The zero-order valence-corrected chi connectivity index (χ0v) is 18.6. The monoisotopic (exact) mass is 402 g/mol. The van der Waals surface area contributed by atoms with Gasteiger partial charge in [-0.25, -0.2) is 0 Å². The van der Waals surface area contributed by atoms with Crippen LogP contribution < -0.4 is 9.47 Å². The molecule has 0 amide bonds. The first-order valence-electron chi connectivity index (χ1n) is 11.1. The number of carboxylic acid groups (broad SMARTS) is 1. The van der Waals surface area contributed by atoms with Crippen molar-refractivity contribution in [2.24, 2.45) is 11.8 Å². The van der Waals surface area contributed by atoms with Crippen LogP contribution in [0.25, 0.3) is 0 Å². The molecular weight excluding hydrogens is 364 g/mol. The van der Waals surface area contributed by atoms with Crippen molar-refractivity contribution < 1.29 is 19.4 Å². The van der Waals surface area contributed by atoms with Gasteiger partial charge >= 0.3 is 5.97 Å². The van der Waals surface area contributed by atoms with Gasteiger partial charge in [-0.05, 0) is 74.3 Å². The van der Waals surface area contributed by atoms with Gasteiger partial charge in [0.05, 0.1) is 6.61 Å². The summed E-state index contributed by atoms with van der Waals surface area (Å²) in [5.41, 5.74) is 0.905. The molecule has 4 nitrogen and oxygen atoms in total. The minimum Gasteiger partial charge on any atom is -0.494 e. The lowest BCUT2D eigenvalue weighted by molar-refractivity contribution is -0.137. The molecule has 1 N–H and O–H groups in total. The molecule has 0 aliphatic carbocycles. The van der Waals surface area contributed by atoms with Crippen LogP contribution in [0, 0.1) is 11.8 Å². The molecule has 0 bridgehead atoms. The summed E-state index contributed by atoms with van der Waals surface area (Å²) in [6.07, 6.45) is 12.1. The van der Waals surface area contributed by atoms with Gasteiger partial charge in [-0.2, -0.15) is 0 Å². The van der Waals surface area contributed by atoms with Gasteiger partial charge in [-0.3, -0.25) is 4.79 Å². The molecule has 0 saturated carbocycles. The molecule has 162 valence electrons. The Morgan fingerprint density at radius 3 is 2.79 bits per heavy atom. The van der Waals surface area contributed by atoms with Crippen molar-refractivity contribution in [2.75, 3.05) is 6.61 Å². The van der Waals surface area contributed by atoms with Crippen LogP contribution in [0.5, 0.6) is 11.5 Å². The fraction of sp³-hybridized carbons (Fsp3) is 0.640. The highest BCUT2D eigenvalue weighted by Gasteiger charge is 2.29. The first-order chi connectivity index (χ1) is 13.8. The maximum Gasteiger partial charge on any atom is 0.303 e. The van der Waals surface area contributed by atoms with Crippen molar-refractivity contribution in [3.63, 3.8) is 0 Å². The molecule has 2 rings (SSSR count). The highest BCUT2D eigenvalue weighted by Crippen LogP contribution is 2.36. The van der Waals surface area contributed by atoms with Crippen LogP contribution in [-0.4, -0.2) is 23.3 Å². The normalized spacial score (nSPS) is 19.8. The predicted octanol–water partition coefficient (Wildman–Crippen LogP) is 6.42. The molecule has 1 aromatic carbocycles. The first kappa shape index (κ1) is 23.3. The Morgan fingerprint density at radius 2 is 2.07 bits per heavy atom. The average molecular weight is 403 g/mol. The van der Waals surface area contributed by atoms with Gasteiger partial charge in [-0.1, -0.05) is 46.1 Å². The van der Waals surface area contributed by atoms with E-state index < -0.39 is 5.97 Å². The van der Waals surface area contributed by atoms with Crippen molar-refractivity contribution in [3.05, 3.63) is 35.9 Å². The van der Waals surface area contributed by atoms with Crippen LogP contribution in [0.1, 0.15) is 78.2 Å². The van der Waals surface area contributed by atoms with E-state index in [0.717, 1.165) is 42.2 Å². The second-order valence-electron chi connectivity index (χ2n) is 9.10. The second kappa shape index (κ2) is 11.3. The highest BCUT2D eigenvalue weighted by atomic mass is 16.5. The Hall–Kier alpha value is -1.97. The van der Waals surface area contributed by atoms with Crippen LogP contribution in [0.15, 0.2) is 30.4 Å². The minimum atomic E-state index is -0.787. The lowest BCUT2D eigenvalue weighted by Crippen LogP contribution is -2.34. The fourth-order valence-electron chi connectivity index (χ4n) is 3.70. The highest BCUT2D eigenvalue weighted by molar-refractivity contribution is 5.66. The summed E-state index contributed by atoms with van der Waals surface area (Å²) >= 11 is 0. The molecular formula is C25H38O4. The number of carbonyl (C=O) groups is 1. The third-order valence-corrected chi connectivity index (χ3v) is 5.56. The summed E-state index contributed by atoms with van der Waals surface area (Å²) in [6, 6.07) is 5.91. The number of rotatable bonds is 12. The lowest BCUT2D eigenvalue weighted by atomic mass is 9.91. The van der Waals surface area contributed by atoms with Crippen LogP contribution >= 0.6 is 0 Å². The summed E-state index contributed by atoms with van der Waals surface area (Å²) in [5, 5.41) is 8.69. The molecule has 1 aliphatic heterocycles. The van der Waals surface area contributed by atoms with Gasteiger partial charge in [-0.15, -0.1) is 0 Å². The Morgan fingerprint density at radius 1 is 1.28 bits per heavy atom. The fourth-order valence-corrected chi connectivity index (χ4v) is 3.70. The van der Waals surface area contributed by atoms with Gasteiger partial charge < -0.3 is 14.6 Å². The Labute approximate surface area is 176 Å². The number of hydrogen-bond acceptors (Lipinski definition) is 3. The largest absolute Gasteiger partial charge is 0.494 e. The number of aliphatic carboxylic acids is 1. The second-order valence-corrected chi connectivity index (χ2v) is 9.10. The minimum absolute atomic E-state index is 0.134. The summed E-state index contributed by atoms with van der Waals surface area (Å²) in [5.74, 6) is 2.43. The Kier molecular flexibility index (Phi) is 9.06. The smallest absolute Gasteiger partial charge is 0.303 e. The van der Waals surface area contributed by atoms with Crippen molar-refractivity contribution in [3.8, 4) is 11.5 Å². The Balaban J connectivity index is 1.82. The van der Waals surface area contributed by atoms with E-state index in [0.29, 0.717) is 18.9 Å². The van der Waals surface area contributed by atoms with Gasteiger partial charge in [0.2, 0.25) is 0 Å². The van der Waals surface area contributed by atoms with Crippen LogP contribution in [-0.2, 0) is 11.2 Å². The van der Waals surface area contributed by atoms with E-state index in [4.69, 9.17) is 14.6 Å². The van der Waals surface area contributed by atoms with Crippen molar-refractivity contribution in [2.45, 2.75) is 84.7 Å². The van der Waals surface area contributed by atoms with Gasteiger partial charge in [0.1, 0.15) is 17.1 Å². The van der Waals surface area contributed by atoms with Gasteiger partial charge in [0.15, 0.2) is 0 Å². The third-order valence-electron chi connectivity index (χ3n) is 5.56. The predicted molar refractivity (Wildman–Crippen MR) is 118 cm³/mol. The number of hydrogen-bond donors (Lipinski definition) is 1. The van der Waals surface area contributed by atoms with E-state index in [9.17, 15) is 4.79 Å². The SMILES string of the molecule is CC(C)CCCC(C)CC=CC1(C)CCc2cc(OCCCC(=O)O)ccc2O1. The maximum atomic E-state index is 10.6. The molecule has 0 spiro atoms. The van der Waals surface area contributed by atoms with Crippen LogP contribution in [0.3, 0.4) is 0 Å². The van der Waals surface area contributed by atoms with Crippen LogP contribution in [0.4, 0.5) is 0 Å². The topological polar surface area (TPSA) is 55.8 Å². The lowest BCUT2D eigenvalue weighted by Gasteiger charge is -2.33. The molecule has 1 aliphatic rings. The maximum absolute atomic E-state index is 10.6. The van der Waals surface area contributed by atoms with E-state index in [1.54, 1.807) is 0 Å². The molecule has 4 heteroatoms. The number of carboxylic acids is 1.